The molecule has 0 bridgehead atoms. The van der Waals surface area contributed by atoms with E-state index in [4.69, 9.17) is 0 Å². The zero-order chi connectivity index (χ0) is 18.6. The molecule has 2 heterocycles. The first-order valence-electron chi connectivity index (χ1n) is 10.1. The van der Waals surface area contributed by atoms with Crippen molar-refractivity contribution in [3.63, 3.8) is 0 Å². The molecule has 0 saturated carbocycles. The molecule has 0 spiro atoms. The Morgan fingerprint density at radius 3 is 2.67 bits per heavy atom. The van der Waals surface area contributed by atoms with Gasteiger partial charge in [0.25, 0.3) is 0 Å². The van der Waals surface area contributed by atoms with Gasteiger partial charge in [-0.2, -0.15) is 0 Å². The normalized spacial score (nSPS) is 15.9. The van der Waals surface area contributed by atoms with Gasteiger partial charge in [0.2, 0.25) is 0 Å². The maximum Gasteiger partial charge on any atom is 0.0799 e. The minimum Gasteiger partial charge on any atom is -0.388 e. The van der Waals surface area contributed by atoms with Gasteiger partial charge in [-0.15, -0.1) is 0 Å². The molecule has 1 aliphatic heterocycles. The fourth-order valence-corrected chi connectivity index (χ4v) is 4.15. The summed E-state index contributed by atoms with van der Waals surface area (Å²) in [6.45, 7) is 4.43. The van der Waals surface area contributed by atoms with Gasteiger partial charge in [-0.3, -0.25) is 4.98 Å². The summed E-state index contributed by atoms with van der Waals surface area (Å²) in [6, 6.07) is 16.6. The number of nitrogens with zero attached hydrogens (tertiary/aromatic N) is 2. The van der Waals surface area contributed by atoms with Gasteiger partial charge in [-0.25, -0.2) is 0 Å². The summed E-state index contributed by atoms with van der Waals surface area (Å²) >= 11 is 0. The third kappa shape index (κ3) is 3.98. The number of pyridine rings is 1. The summed E-state index contributed by atoms with van der Waals surface area (Å²) in [7, 11) is 0. The number of benzene rings is 2. The van der Waals surface area contributed by atoms with Crippen molar-refractivity contribution in [2.45, 2.75) is 45.1 Å². The zero-order valence-corrected chi connectivity index (χ0v) is 16.1. The fraction of sp³-hybridized carbons (Fsp3) is 0.375. The second-order valence-electron chi connectivity index (χ2n) is 7.63. The molecular weight excluding hydrogens is 332 g/mol. The molecule has 3 heteroatoms. The SMILES string of the molecule is Cc1cnc(CCC(O)c2cccc3ccccc23)cc1N1CCCCC1. The van der Waals surface area contributed by atoms with E-state index < -0.39 is 6.10 Å². The van der Waals surface area contributed by atoms with Crippen LogP contribution in [-0.4, -0.2) is 23.2 Å². The number of aromatic nitrogens is 1. The van der Waals surface area contributed by atoms with Crippen LogP contribution in [0, 0.1) is 6.92 Å². The lowest BCUT2D eigenvalue weighted by Crippen LogP contribution is -2.30. The highest BCUT2D eigenvalue weighted by Crippen LogP contribution is 2.28. The summed E-state index contributed by atoms with van der Waals surface area (Å²) in [6.07, 6.45) is 6.87. The Hall–Kier alpha value is -2.39. The van der Waals surface area contributed by atoms with E-state index in [0.29, 0.717) is 6.42 Å². The van der Waals surface area contributed by atoms with Crippen LogP contribution < -0.4 is 4.90 Å². The molecule has 140 valence electrons. The van der Waals surface area contributed by atoms with Gasteiger partial charge in [-0.1, -0.05) is 42.5 Å². The van der Waals surface area contributed by atoms with E-state index in [1.165, 1.54) is 35.9 Å². The van der Waals surface area contributed by atoms with E-state index >= 15 is 0 Å². The third-order valence-electron chi connectivity index (χ3n) is 5.68. The van der Waals surface area contributed by atoms with E-state index in [-0.39, 0.29) is 0 Å². The molecule has 4 rings (SSSR count). The lowest BCUT2D eigenvalue weighted by Gasteiger charge is -2.30. The molecule has 0 radical (unpaired) electrons. The van der Waals surface area contributed by atoms with Crippen molar-refractivity contribution in [1.29, 1.82) is 0 Å². The second kappa shape index (κ2) is 8.10. The third-order valence-corrected chi connectivity index (χ3v) is 5.68. The largest absolute Gasteiger partial charge is 0.388 e. The Bertz CT molecular complexity index is 910. The second-order valence-corrected chi connectivity index (χ2v) is 7.63. The van der Waals surface area contributed by atoms with Crippen molar-refractivity contribution in [2.75, 3.05) is 18.0 Å². The van der Waals surface area contributed by atoms with Crippen molar-refractivity contribution in [3.8, 4) is 0 Å². The van der Waals surface area contributed by atoms with Crippen LogP contribution in [0.25, 0.3) is 10.8 Å². The molecule has 3 nitrogen and oxygen atoms in total. The van der Waals surface area contributed by atoms with Crippen LogP contribution in [0.15, 0.2) is 54.7 Å². The smallest absolute Gasteiger partial charge is 0.0799 e. The topological polar surface area (TPSA) is 36.4 Å². The number of aryl methyl sites for hydroxylation is 2. The molecular formula is C24H28N2O. The van der Waals surface area contributed by atoms with Crippen LogP contribution in [0.4, 0.5) is 5.69 Å². The summed E-state index contributed by atoms with van der Waals surface area (Å²) in [5, 5.41) is 13.1. The molecule has 1 saturated heterocycles. The van der Waals surface area contributed by atoms with Gasteiger partial charge in [0.1, 0.15) is 0 Å². The van der Waals surface area contributed by atoms with Crippen LogP contribution in [0.5, 0.6) is 0 Å². The van der Waals surface area contributed by atoms with Gasteiger partial charge in [0.15, 0.2) is 0 Å². The van der Waals surface area contributed by atoms with Crippen molar-refractivity contribution < 1.29 is 5.11 Å². The first kappa shape index (κ1) is 18.0. The predicted molar refractivity (Wildman–Crippen MR) is 112 cm³/mol. The predicted octanol–water partition coefficient (Wildman–Crippen LogP) is 5.20. The number of piperidine rings is 1. The number of hydrogen-bond acceptors (Lipinski definition) is 3. The number of rotatable bonds is 5. The molecule has 0 amide bonds. The van der Waals surface area contributed by atoms with Crippen LogP contribution in [-0.2, 0) is 6.42 Å². The van der Waals surface area contributed by atoms with Crippen molar-refractivity contribution >= 4 is 16.5 Å². The summed E-state index contributed by atoms with van der Waals surface area (Å²) < 4.78 is 0. The summed E-state index contributed by atoms with van der Waals surface area (Å²) in [5.74, 6) is 0. The molecule has 1 unspecified atom stereocenters. The number of fused-ring (bicyclic) bond motifs is 1. The Labute approximate surface area is 161 Å². The quantitative estimate of drug-likeness (QED) is 0.679. The molecule has 1 N–H and O–H groups in total. The van der Waals surface area contributed by atoms with E-state index in [9.17, 15) is 5.11 Å². The van der Waals surface area contributed by atoms with Crippen LogP contribution >= 0.6 is 0 Å². The Balaban J connectivity index is 1.49. The van der Waals surface area contributed by atoms with Gasteiger partial charge in [0.05, 0.1) is 6.10 Å². The van der Waals surface area contributed by atoms with Crippen molar-refractivity contribution in [3.05, 3.63) is 71.5 Å². The number of aliphatic hydroxyl groups excluding tert-OH is 1. The molecule has 0 aliphatic carbocycles. The average molecular weight is 361 g/mol. The Morgan fingerprint density at radius 1 is 1.04 bits per heavy atom. The van der Waals surface area contributed by atoms with Gasteiger partial charge in [0, 0.05) is 30.7 Å². The van der Waals surface area contributed by atoms with E-state index in [1.54, 1.807) is 0 Å². The maximum absolute atomic E-state index is 10.8. The Kier molecular flexibility index (Phi) is 5.40. The van der Waals surface area contributed by atoms with Crippen molar-refractivity contribution in [1.82, 2.24) is 4.98 Å². The molecule has 1 fully saturated rings. The van der Waals surface area contributed by atoms with Crippen LogP contribution in [0.3, 0.4) is 0 Å². The first-order chi connectivity index (χ1) is 13.2. The average Bonchev–Trinajstić information content (AvgIpc) is 2.73. The summed E-state index contributed by atoms with van der Waals surface area (Å²) in [5.41, 5.74) is 4.64. The van der Waals surface area contributed by atoms with E-state index in [0.717, 1.165) is 36.2 Å². The zero-order valence-electron chi connectivity index (χ0n) is 16.1. The molecule has 1 aliphatic rings. The highest BCUT2D eigenvalue weighted by molar-refractivity contribution is 5.85. The van der Waals surface area contributed by atoms with Gasteiger partial charge >= 0.3 is 0 Å². The lowest BCUT2D eigenvalue weighted by atomic mass is 9.97. The number of anilines is 1. The van der Waals surface area contributed by atoms with E-state index in [2.05, 4.69) is 41.1 Å². The van der Waals surface area contributed by atoms with Crippen LogP contribution in [0.2, 0.25) is 0 Å². The van der Waals surface area contributed by atoms with E-state index in [1.807, 2.05) is 30.5 Å². The summed E-state index contributed by atoms with van der Waals surface area (Å²) in [4.78, 5) is 7.12. The molecule has 1 atom stereocenters. The van der Waals surface area contributed by atoms with Gasteiger partial charge < -0.3 is 10.0 Å². The lowest BCUT2D eigenvalue weighted by molar-refractivity contribution is 0.169. The highest BCUT2D eigenvalue weighted by Gasteiger charge is 2.15. The molecule has 27 heavy (non-hydrogen) atoms. The van der Waals surface area contributed by atoms with Crippen molar-refractivity contribution in [2.24, 2.45) is 0 Å². The first-order valence-corrected chi connectivity index (χ1v) is 10.1. The minimum absolute atomic E-state index is 0.474. The standard InChI is InChI=1S/C24H28N2O/c1-18-17-25-20(16-23(18)26-14-5-2-6-15-26)12-13-24(27)22-11-7-9-19-8-3-4-10-21(19)22/h3-4,7-11,16-17,24,27H,2,5-6,12-15H2,1H3. The monoisotopic (exact) mass is 360 g/mol. The minimum atomic E-state index is -0.474. The molecule has 1 aromatic heterocycles. The fourth-order valence-electron chi connectivity index (χ4n) is 4.15. The van der Waals surface area contributed by atoms with Crippen LogP contribution in [0.1, 0.15) is 48.6 Å². The highest BCUT2D eigenvalue weighted by atomic mass is 16.3. The maximum atomic E-state index is 10.8. The number of hydrogen-bond donors (Lipinski definition) is 1. The number of aliphatic hydroxyl groups is 1. The molecule has 3 aromatic rings. The molecule has 2 aromatic carbocycles. The Morgan fingerprint density at radius 2 is 1.81 bits per heavy atom. The van der Waals surface area contributed by atoms with Gasteiger partial charge in [-0.05, 0) is 67.0 Å².